The highest BCUT2D eigenvalue weighted by Gasteiger charge is 2.45. The van der Waals surface area contributed by atoms with Crippen molar-refractivity contribution in [1.82, 2.24) is 9.80 Å². The topological polar surface area (TPSA) is 137 Å². The number of carbonyl (C=O) groups is 6. The number of nitrogens with zero attached hydrogens (tertiary/aromatic N) is 2. The molecule has 11 heteroatoms. The third-order valence-corrected chi connectivity index (χ3v) is 3.86. The second-order valence-electron chi connectivity index (χ2n) is 5.72. The number of hydrogen-bond donors (Lipinski definition) is 0. The van der Waals surface area contributed by atoms with E-state index in [1.54, 1.807) is 0 Å². The second kappa shape index (κ2) is 11.9. The van der Waals surface area contributed by atoms with Gasteiger partial charge in [-0.1, -0.05) is 19.7 Å². The molecule has 1 aliphatic rings. The Morgan fingerprint density at radius 2 is 1.10 bits per heavy atom. The van der Waals surface area contributed by atoms with Crippen LogP contribution in [0.5, 0.6) is 0 Å². The quantitative estimate of drug-likeness (QED) is 0.184. The monoisotopic (exact) mass is 422 g/mol. The lowest BCUT2D eigenvalue weighted by atomic mass is 10.00. The van der Waals surface area contributed by atoms with Crippen LogP contribution in [0, 0.1) is 5.92 Å². The van der Waals surface area contributed by atoms with E-state index in [0.29, 0.717) is 0 Å². The van der Waals surface area contributed by atoms with Gasteiger partial charge in [-0.3, -0.25) is 19.4 Å². The van der Waals surface area contributed by atoms with Gasteiger partial charge in [-0.15, -0.1) is 0 Å². The van der Waals surface area contributed by atoms with Crippen molar-refractivity contribution >= 4 is 35.8 Å². The van der Waals surface area contributed by atoms with E-state index >= 15 is 0 Å². The van der Waals surface area contributed by atoms with Crippen LogP contribution in [0.15, 0.2) is 38.0 Å². The lowest BCUT2D eigenvalue weighted by Crippen LogP contribution is -2.61. The molecule has 0 spiro atoms. The lowest BCUT2D eigenvalue weighted by molar-refractivity contribution is -0.154. The largest absolute Gasteiger partial charge is 0.463 e. The average molecular weight is 422 g/mol. The van der Waals surface area contributed by atoms with E-state index < -0.39 is 41.7 Å². The van der Waals surface area contributed by atoms with Crippen molar-refractivity contribution in [3.8, 4) is 0 Å². The van der Waals surface area contributed by atoms with Crippen LogP contribution in [-0.4, -0.2) is 78.5 Å². The minimum Gasteiger partial charge on any atom is -0.463 e. The van der Waals surface area contributed by atoms with Gasteiger partial charge in [-0.2, -0.15) is 0 Å². The first-order chi connectivity index (χ1) is 14.3. The Kier molecular flexibility index (Phi) is 9.66. The number of amides is 4. The van der Waals surface area contributed by atoms with Gasteiger partial charge in [0.05, 0.1) is 19.7 Å². The van der Waals surface area contributed by atoms with Gasteiger partial charge in [0.1, 0.15) is 19.1 Å². The van der Waals surface area contributed by atoms with Gasteiger partial charge in [0.2, 0.25) is 11.8 Å². The molecule has 1 saturated heterocycles. The average Bonchev–Trinajstić information content (AvgIpc) is 2.74. The van der Waals surface area contributed by atoms with Crippen LogP contribution in [0.25, 0.3) is 0 Å². The van der Waals surface area contributed by atoms with Crippen molar-refractivity contribution < 1.29 is 43.0 Å². The molecule has 1 heterocycles. The standard InChI is InChI=1S/C19H22N2O9/c1-4-14(22)28-10-7-13-17(25)20(8-11-29-15(23)5-2)19(27)21(18(13)26)9-12-30-16(24)6-3/h4-6,13H,1-3,7-12H2. The van der Waals surface area contributed by atoms with Crippen molar-refractivity contribution in [2.45, 2.75) is 6.42 Å². The number of ether oxygens (including phenoxy) is 3. The summed E-state index contributed by atoms with van der Waals surface area (Å²) in [6.45, 7) is 8.18. The van der Waals surface area contributed by atoms with Crippen molar-refractivity contribution in [1.29, 1.82) is 0 Å². The van der Waals surface area contributed by atoms with E-state index in [1.807, 2.05) is 0 Å². The Bertz CT molecular complexity index is 641. The molecule has 0 aromatic rings. The number of imide groups is 2. The normalized spacial score (nSPS) is 14.2. The summed E-state index contributed by atoms with van der Waals surface area (Å²) in [6.07, 6.45) is 2.58. The number of esters is 3. The highest BCUT2D eigenvalue weighted by atomic mass is 16.5. The smallest absolute Gasteiger partial charge is 0.333 e. The Morgan fingerprint density at radius 3 is 1.47 bits per heavy atom. The molecule has 0 aromatic heterocycles. The zero-order valence-electron chi connectivity index (χ0n) is 16.2. The van der Waals surface area contributed by atoms with E-state index in [0.717, 1.165) is 28.0 Å². The number of hydrogen-bond acceptors (Lipinski definition) is 9. The van der Waals surface area contributed by atoms with Crippen LogP contribution in [0.1, 0.15) is 6.42 Å². The molecule has 0 saturated carbocycles. The summed E-state index contributed by atoms with van der Waals surface area (Å²) in [5.74, 6) is -5.19. The SMILES string of the molecule is C=CC(=O)OCCC1C(=O)N(CCOC(=O)C=C)C(=O)N(CCOC(=O)C=C)C1=O. The van der Waals surface area contributed by atoms with Crippen LogP contribution in [0.3, 0.4) is 0 Å². The zero-order chi connectivity index (χ0) is 22.7. The Morgan fingerprint density at radius 1 is 0.733 bits per heavy atom. The fourth-order valence-electron chi connectivity index (χ4n) is 2.40. The Hall–Kier alpha value is -3.76. The first kappa shape index (κ1) is 24.3. The van der Waals surface area contributed by atoms with Gasteiger partial charge >= 0.3 is 23.9 Å². The van der Waals surface area contributed by atoms with Crippen molar-refractivity contribution in [2.24, 2.45) is 5.92 Å². The molecule has 0 bridgehead atoms. The molecule has 1 fully saturated rings. The lowest BCUT2D eigenvalue weighted by Gasteiger charge is -2.36. The van der Waals surface area contributed by atoms with E-state index in [1.165, 1.54) is 0 Å². The van der Waals surface area contributed by atoms with Gasteiger partial charge in [0, 0.05) is 24.6 Å². The second-order valence-corrected chi connectivity index (χ2v) is 5.72. The van der Waals surface area contributed by atoms with Crippen molar-refractivity contribution in [3.63, 3.8) is 0 Å². The molecule has 0 radical (unpaired) electrons. The molecule has 30 heavy (non-hydrogen) atoms. The maximum atomic E-state index is 12.6. The summed E-state index contributed by atoms with van der Waals surface area (Å²) in [7, 11) is 0. The highest BCUT2D eigenvalue weighted by molar-refractivity contribution is 6.16. The number of barbiturate groups is 1. The van der Waals surface area contributed by atoms with Gasteiger partial charge in [0.15, 0.2) is 0 Å². The molecular formula is C19H22N2O9. The fraction of sp³-hybridized carbons (Fsp3) is 0.368. The van der Waals surface area contributed by atoms with E-state index in [-0.39, 0.29) is 39.3 Å². The predicted molar refractivity (Wildman–Crippen MR) is 100 cm³/mol. The number of urea groups is 1. The molecule has 0 unspecified atom stereocenters. The van der Waals surface area contributed by atoms with Crippen molar-refractivity contribution in [2.75, 3.05) is 32.9 Å². The zero-order valence-corrected chi connectivity index (χ0v) is 16.2. The third kappa shape index (κ3) is 6.69. The maximum Gasteiger partial charge on any atom is 0.333 e. The molecular weight excluding hydrogens is 400 g/mol. The molecule has 0 aromatic carbocycles. The summed E-state index contributed by atoms with van der Waals surface area (Å²) in [5.41, 5.74) is 0. The summed E-state index contributed by atoms with van der Waals surface area (Å²) < 4.78 is 14.3. The van der Waals surface area contributed by atoms with Crippen LogP contribution < -0.4 is 0 Å². The summed E-state index contributed by atoms with van der Waals surface area (Å²) in [4.78, 5) is 72.9. The summed E-state index contributed by atoms with van der Waals surface area (Å²) in [6, 6.07) is -0.950. The van der Waals surface area contributed by atoms with E-state index in [9.17, 15) is 28.8 Å². The first-order valence-corrected chi connectivity index (χ1v) is 8.81. The van der Waals surface area contributed by atoms with Crippen LogP contribution in [-0.2, 0) is 38.2 Å². The summed E-state index contributed by atoms with van der Waals surface area (Å²) in [5, 5.41) is 0. The maximum absolute atomic E-state index is 12.6. The minimum atomic E-state index is -1.31. The van der Waals surface area contributed by atoms with E-state index in [4.69, 9.17) is 14.2 Å². The van der Waals surface area contributed by atoms with Crippen molar-refractivity contribution in [3.05, 3.63) is 38.0 Å². The molecule has 162 valence electrons. The minimum absolute atomic E-state index is 0.184. The molecule has 0 atom stereocenters. The number of carbonyl (C=O) groups excluding carboxylic acids is 6. The first-order valence-electron chi connectivity index (χ1n) is 8.81. The predicted octanol–water partition coefficient (Wildman–Crippen LogP) is -0.0289. The Labute approximate surface area is 172 Å². The third-order valence-electron chi connectivity index (χ3n) is 3.86. The molecule has 11 nitrogen and oxygen atoms in total. The van der Waals surface area contributed by atoms with Gasteiger partial charge in [-0.25, -0.2) is 19.2 Å². The Balaban J connectivity index is 2.92. The van der Waals surface area contributed by atoms with Crippen LogP contribution in [0.4, 0.5) is 4.79 Å². The highest BCUT2D eigenvalue weighted by Crippen LogP contribution is 2.21. The number of rotatable bonds is 12. The van der Waals surface area contributed by atoms with Crippen LogP contribution in [0.2, 0.25) is 0 Å². The van der Waals surface area contributed by atoms with Gasteiger partial charge < -0.3 is 14.2 Å². The molecule has 1 rings (SSSR count). The van der Waals surface area contributed by atoms with Gasteiger partial charge in [0.25, 0.3) is 0 Å². The molecule has 4 amide bonds. The molecule has 1 aliphatic heterocycles. The van der Waals surface area contributed by atoms with Gasteiger partial charge in [-0.05, 0) is 0 Å². The molecule has 0 aliphatic carbocycles. The summed E-state index contributed by atoms with van der Waals surface area (Å²) >= 11 is 0. The van der Waals surface area contributed by atoms with E-state index in [2.05, 4.69) is 19.7 Å². The van der Waals surface area contributed by atoms with Crippen LogP contribution >= 0.6 is 0 Å². The molecule has 0 N–H and O–H groups in total. The fourth-order valence-corrected chi connectivity index (χ4v) is 2.40.